The molecule has 1 atom stereocenters. The molecule has 1 aromatic rings. The molecule has 7 heteroatoms. The minimum absolute atomic E-state index is 0.175. The highest BCUT2D eigenvalue weighted by Gasteiger charge is 2.27. The average Bonchev–Trinajstić information content (AvgIpc) is 2.64. The summed E-state index contributed by atoms with van der Waals surface area (Å²) in [5.41, 5.74) is 0.628. The highest BCUT2D eigenvalue weighted by molar-refractivity contribution is 5.93. The second-order valence-corrected chi connectivity index (χ2v) is 7.44. The number of hydrogen-bond acceptors (Lipinski definition) is 4. The van der Waals surface area contributed by atoms with Crippen molar-refractivity contribution in [2.24, 2.45) is 5.92 Å². The van der Waals surface area contributed by atoms with Crippen molar-refractivity contribution in [3.63, 3.8) is 0 Å². The summed E-state index contributed by atoms with van der Waals surface area (Å²) >= 11 is 0. The molecule has 0 spiro atoms. The normalized spacial score (nSPS) is 15.9. The van der Waals surface area contributed by atoms with Gasteiger partial charge in [0.2, 0.25) is 0 Å². The molecule has 1 aromatic carbocycles. The molecule has 0 unspecified atom stereocenters. The molecule has 154 valence electrons. The summed E-state index contributed by atoms with van der Waals surface area (Å²) in [4.78, 5) is 38.8. The number of para-hydroxylation sites is 1. The number of carbonyl (C=O) groups excluding carboxylic acids is 3. The quantitative estimate of drug-likeness (QED) is 0.732. The van der Waals surface area contributed by atoms with Crippen molar-refractivity contribution in [2.45, 2.75) is 52.0 Å². The molecule has 2 rings (SSSR count). The molecule has 2 N–H and O–H groups in total. The molecule has 3 amide bonds. The SMILES string of the molecule is CC(C)[C@H](NC(=O)Nc1ccccc1)C(=O)OCC(=O)N1CCCCCCC1. The van der Waals surface area contributed by atoms with Gasteiger partial charge in [-0.2, -0.15) is 0 Å². The van der Waals surface area contributed by atoms with E-state index in [0.717, 1.165) is 25.7 Å². The number of rotatable bonds is 6. The van der Waals surface area contributed by atoms with Gasteiger partial charge in [-0.3, -0.25) is 4.79 Å². The van der Waals surface area contributed by atoms with E-state index in [9.17, 15) is 14.4 Å². The molecule has 1 heterocycles. The van der Waals surface area contributed by atoms with E-state index in [2.05, 4.69) is 10.6 Å². The lowest BCUT2D eigenvalue weighted by Gasteiger charge is -2.25. The Morgan fingerprint density at radius 3 is 2.21 bits per heavy atom. The zero-order valence-corrected chi connectivity index (χ0v) is 16.8. The zero-order chi connectivity index (χ0) is 20.4. The molecule has 0 bridgehead atoms. The predicted molar refractivity (Wildman–Crippen MR) is 108 cm³/mol. The molecular weight excluding hydrogens is 358 g/mol. The van der Waals surface area contributed by atoms with Crippen LogP contribution in [0.2, 0.25) is 0 Å². The predicted octanol–water partition coefficient (Wildman–Crippen LogP) is 3.17. The summed E-state index contributed by atoms with van der Waals surface area (Å²) in [7, 11) is 0. The number of benzene rings is 1. The number of esters is 1. The number of nitrogens with one attached hydrogen (secondary N) is 2. The van der Waals surface area contributed by atoms with Gasteiger partial charge in [-0.05, 0) is 30.9 Å². The highest BCUT2D eigenvalue weighted by Crippen LogP contribution is 2.11. The molecule has 0 radical (unpaired) electrons. The molecule has 1 aliphatic rings. The largest absolute Gasteiger partial charge is 0.454 e. The Bertz CT molecular complexity index is 640. The first-order valence-corrected chi connectivity index (χ1v) is 10.0. The fraction of sp³-hybridized carbons (Fsp3) is 0.571. The van der Waals surface area contributed by atoms with Gasteiger partial charge in [0.15, 0.2) is 6.61 Å². The number of anilines is 1. The van der Waals surface area contributed by atoms with E-state index in [0.29, 0.717) is 18.8 Å². The Morgan fingerprint density at radius 1 is 1.00 bits per heavy atom. The van der Waals surface area contributed by atoms with Crippen molar-refractivity contribution in [3.8, 4) is 0 Å². The first kappa shape index (κ1) is 21.7. The lowest BCUT2D eigenvalue weighted by atomic mass is 10.1. The second-order valence-electron chi connectivity index (χ2n) is 7.44. The van der Waals surface area contributed by atoms with Crippen molar-refractivity contribution in [3.05, 3.63) is 30.3 Å². The van der Waals surface area contributed by atoms with Crippen LogP contribution in [0.4, 0.5) is 10.5 Å². The van der Waals surface area contributed by atoms with Gasteiger partial charge in [0.05, 0.1) is 0 Å². The Hall–Kier alpha value is -2.57. The standard InChI is InChI=1S/C21H31N3O4/c1-16(2)19(23-21(27)22-17-11-7-6-8-12-17)20(26)28-15-18(25)24-13-9-4-3-5-10-14-24/h6-8,11-12,16,19H,3-5,9-10,13-15H2,1-2H3,(H2,22,23,27)/t19-/m0/s1. The summed E-state index contributed by atoms with van der Waals surface area (Å²) in [6.45, 7) is 4.76. The van der Waals surface area contributed by atoms with E-state index in [4.69, 9.17) is 4.74 Å². The minimum atomic E-state index is -0.830. The van der Waals surface area contributed by atoms with Crippen molar-refractivity contribution in [1.29, 1.82) is 0 Å². The number of likely N-dealkylation sites (tertiary alicyclic amines) is 1. The fourth-order valence-corrected chi connectivity index (χ4v) is 3.14. The van der Waals surface area contributed by atoms with Gasteiger partial charge in [-0.15, -0.1) is 0 Å². The summed E-state index contributed by atoms with van der Waals surface area (Å²) in [6.07, 6.45) is 5.42. The van der Waals surface area contributed by atoms with Gasteiger partial charge >= 0.3 is 12.0 Å². The molecule has 1 aliphatic heterocycles. The molecule has 7 nitrogen and oxygen atoms in total. The molecular formula is C21H31N3O4. The summed E-state index contributed by atoms with van der Waals surface area (Å²) < 4.78 is 5.23. The van der Waals surface area contributed by atoms with Crippen LogP contribution >= 0.6 is 0 Å². The maximum absolute atomic E-state index is 12.4. The van der Waals surface area contributed by atoms with Crippen LogP contribution in [0.25, 0.3) is 0 Å². The molecule has 0 saturated carbocycles. The smallest absolute Gasteiger partial charge is 0.329 e. The molecule has 28 heavy (non-hydrogen) atoms. The number of amides is 3. The van der Waals surface area contributed by atoms with Gasteiger partial charge in [-0.1, -0.05) is 51.3 Å². The van der Waals surface area contributed by atoms with Gasteiger partial charge in [0.25, 0.3) is 5.91 Å². The summed E-state index contributed by atoms with van der Waals surface area (Å²) in [5, 5.41) is 5.32. The van der Waals surface area contributed by atoms with Gasteiger partial charge in [0.1, 0.15) is 6.04 Å². The Balaban J connectivity index is 1.84. The molecule has 1 fully saturated rings. The highest BCUT2D eigenvalue weighted by atomic mass is 16.5. The lowest BCUT2D eigenvalue weighted by Crippen LogP contribution is -2.48. The first-order valence-electron chi connectivity index (χ1n) is 10.0. The Kier molecular flexibility index (Phi) is 8.78. The third-order valence-corrected chi connectivity index (χ3v) is 4.79. The van der Waals surface area contributed by atoms with E-state index in [1.807, 2.05) is 19.9 Å². The fourth-order valence-electron chi connectivity index (χ4n) is 3.14. The molecule has 1 saturated heterocycles. The molecule has 0 aliphatic carbocycles. The van der Waals surface area contributed by atoms with Crippen LogP contribution in [-0.4, -0.2) is 48.5 Å². The van der Waals surface area contributed by atoms with E-state index in [-0.39, 0.29) is 18.4 Å². The lowest BCUT2D eigenvalue weighted by molar-refractivity contribution is -0.154. The van der Waals surface area contributed by atoms with Gasteiger partial charge < -0.3 is 20.3 Å². The number of ether oxygens (including phenoxy) is 1. The van der Waals surface area contributed by atoms with Crippen molar-refractivity contribution < 1.29 is 19.1 Å². The summed E-state index contributed by atoms with van der Waals surface area (Å²) in [6, 6.07) is 7.65. The van der Waals surface area contributed by atoms with Crippen molar-refractivity contribution in [1.82, 2.24) is 10.2 Å². The van der Waals surface area contributed by atoms with Crippen LogP contribution < -0.4 is 10.6 Å². The number of hydrogen-bond donors (Lipinski definition) is 2. The monoisotopic (exact) mass is 389 g/mol. The Morgan fingerprint density at radius 2 is 1.61 bits per heavy atom. The summed E-state index contributed by atoms with van der Waals surface area (Å²) in [5.74, 6) is -0.948. The molecule has 0 aromatic heterocycles. The number of urea groups is 1. The van der Waals surface area contributed by atoms with E-state index < -0.39 is 18.0 Å². The number of nitrogens with zero attached hydrogens (tertiary/aromatic N) is 1. The third kappa shape index (κ3) is 7.21. The third-order valence-electron chi connectivity index (χ3n) is 4.79. The van der Waals surface area contributed by atoms with Crippen LogP contribution in [0.15, 0.2) is 30.3 Å². The van der Waals surface area contributed by atoms with Crippen molar-refractivity contribution >= 4 is 23.6 Å². The Labute approximate surface area is 166 Å². The van der Waals surface area contributed by atoms with Crippen LogP contribution in [0.1, 0.15) is 46.0 Å². The topological polar surface area (TPSA) is 87.7 Å². The second kappa shape index (κ2) is 11.3. The van der Waals surface area contributed by atoms with Crippen LogP contribution in [0, 0.1) is 5.92 Å². The first-order chi connectivity index (χ1) is 13.5. The number of carbonyl (C=O) groups is 3. The van der Waals surface area contributed by atoms with E-state index >= 15 is 0 Å². The maximum Gasteiger partial charge on any atom is 0.329 e. The van der Waals surface area contributed by atoms with Crippen LogP contribution in [-0.2, 0) is 14.3 Å². The van der Waals surface area contributed by atoms with Crippen LogP contribution in [0.5, 0.6) is 0 Å². The van der Waals surface area contributed by atoms with Gasteiger partial charge in [-0.25, -0.2) is 9.59 Å². The van der Waals surface area contributed by atoms with Crippen molar-refractivity contribution in [2.75, 3.05) is 25.0 Å². The zero-order valence-electron chi connectivity index (χ0n) is 16.8. The average molecular weight is 389 g/mol. The van der Waals surface area contributed by atoms with E-state index in [1.165, 1.54) is 6.42 Å². The van der Waals surface area contributed by atoms with Crippen LogP contribution in [0.3, 0.4) is 0 Å². The minimum Gasteiger partial charge on any atom is -0.454 e. The van der Waals surface area contributed by atoms with Gasteiger partial charge in [0, 0.05) is 18.8 Å². The van der Waals surface area contributed by atoms with E-state index in [1.54, 1.807) is 29.2 Å². The maximum atomic E-state index is 12.4.